The molecule has 0 bridgehead atoms. The van der Waals surface area contributed by atoms with E-state index in [4.69, 9.17) is 4.74 Å². The summed E-state index contributed by atoms with van der Waals surface area (Å²) in [5.41, 5.74) is -4.13. The lowest BCUT2D eigenvalue weighted by molar-refractivity contribution is -0.0327. The fraction of sp³-hybridized carbons (Fsp3) is 1.00. The molecule has 0 fully saturated rings. The standard InChI is InChI=1S/C10H20F3NOS/c1-4-15-7-9(8(2)3)14-5-6-16-10(11,12)13/h8-9,14H,4-7H2,1-3H3. The molecule has 6 heteroatoms. The van der Waals surface area contributed by atoms with Crippen LogP contribution in [0.3, 0.4) is 0 Å². The Hall–Kier alpha value is 0.0600. The predicted octanol–water partition coefficient (Wildman–Crippen LogP) is 2.89. The molecule has 0 spiro atoms. The molecule has 98 valence electrons. The van der Waals surface area contributed by atoms with E-state index < -0.39 is 5.51 Å². The Kier molecular flexibility index (Phi) is 8.23. The van der Waals surface area contributed by atoms with Crippen molar-refractivity contribution >= 4 is 11.8 Å². The lowest BCUT2D eigenvalue weighted by Gasteiger charge is -2.22. The van der Waals surface area contributed by atoms with Crippen LogP contribution in [0.5, 0.6) is 0 Å². The molecule has 1 unspecified atom stereocenters. The quantitative estimate of drug-likeness (QED) is 0.677. The van der Waals surface area contributed by atoms with Crippen LogP contribution in [0.15, 0.2) is 0 Å². The minimum atomic E-state index is -4.13. The third-order valence-electron chi connectivity index (χ3n) is 2.08. The topological polar surface area (TPSA) is 21.3 Å². The average molecular weight is 259 g/mol. The Morgan fingerprint density at radius 3 is 2.38 bits per heavy atom. The van der Waals surface area contributed by atoms with Crippen molar-refractivity contribution in [1.29, 1.82) is 0 Å². The monoisotopic (exact) mass is 259 g/mol. The van der Waals surface area contributed by atoms with Gasteiger partial charge in [0.05, 0.1) is 6.61 Å². The van der Waals surface area contributed by atoms with E-state index >= 15 is 0 Å². The summed E-state index contributed by atoms with van der Waals surface area (Å²) in [6.07, 6.45) is 0. The Morgan fingerprint density at radius 2 is 1.94 bits per heavy atom. The lowest BCUT2D eigenvalue weighted by atomic mass is 10.1. The van der Waals surface area contributed by atoms with E-state index in [0.717, 1.165) is 0 Å². The lowest BCUT2D eigenvalue weighted by Crippen LogP contribution is -2.39. The van der Waals surface area contributed by atoms with Crippen molar-refractivity contribution in [2.75, 3.05) is 25.5 Å². The van der Waals surface area contributed by atoms with Crippen molar-refractivity contribution < 1.29 is 17.9 Å². The first-order valence-corrected chi connectivity index (χ1v) is 6.37. The molecule has 0 aliphatic carbocycles. The predicted molar refractivity (Wildman–Crippen MR) is 61.6 cm³/mol. The number of nitrogens with one attached hydrogen (secondary N) is 1. The molecule has 0 aliphatic rings. The van der Waals surface area contributed by atoms with Gasteiger partial charge in [0.25, 0.3) is 0 Å². The zero-order chi connectivity index (χ0) is 12.6. The molecule has 0 heterocycles. The zero-order valence-corrected chi connectivity index (χ0v) is 10.8. The molecule has 0 amide bonds. The number of thioether (sulfide) groups is 1. The van der Waals surface area contributed by atoms with Crippen LogP contribution in [-0.4, -0.2) is 37.1 Å². The molecule has 0 aromatic carbocycles. The summed E-state index contributed by atoms with van der Waals surface area (Å²) < 4.78 is 40.8. The SMILES string of the molecule is CCOCC(NCCSC(F)(F)F)C(C)C. The van der Waals surface area contributed by atoms with Crippen LogP contribution in [0.1, 0.15) is 20.8 Å². The summed E-state index contributed by atoms with van der Waals surface area (Å²) in [5.74, 6) is 0.390. The van der Waals surface area contributed by atoms with Crippen molar-refractivity contribution in [2.24, 2.45) is 5.92 Å². The molecule has 0 saturated carbocycles. The summed E-state index contributed by atoms with van der Waals surface area (Å²) in [5, 5.41) is 3.08. The Balaban J connectivity index is 3.68. The Labute approximate surface area is 99.3 Å². The molecule has 0 aromatic heterocycles. The van der Waals surface area contributed by atoms with Crippen LogP contribution in [0, 0.1) is 5.92 Å². The summed E-state index contributed by atoms with van der Waals surface area (Å²) in [6.45, 7) is 7.46. The molecular weight excluding hydrogens is 239 g/mol. The molecule has 2 nitrogen and oxygen atoms in total. The van der Waals surface area contributed by atoms with Gasteiger partial charge in [-0.1, -0.05) is 13.8 Å². The summed E-state index contributed by atoms with van der Waals surface area (Å²) in [4.78, 5) is 0. The zero-order valence-electron chi connectivity index (χ0n) is 9.93. The van der Waals surface area contributed by atoms with Crippen molar-refractivity contribution in [3.05, 3.63) is 0 Å². The number of hydrogen-bond acceptors (Lipinski definition) is 3. The second-order valence-corrected chi connectivity index (χ2v) is 4.92. The van der Waals surface area contributed by atoms with Gasteiger partial charge < -0.3 is 10.1 Å². The van der Waals surface area contributed by atoms with Crippen molar-refractivity contribution in [3.63, 3.8) is 0 Å². The van der Waals surface area contributed by atoms with Gasteiger partial charge in [-0.25, -0.2) is 0 Å². The maximum atomic E-state index is 11.9. The number of rotatable bonds is 8. The highest BCUT2D eigenvalue weighted by Crippen LogP contribution is 2.29. The van der Waals surface area contributed by atoms with Gasteiger partial charge in [-0.2, -0.15) is 13.2 Å². The van der Waals surface area contributed by atoms with Gasteiger partial charge in [-0.15, -0.1) is 0 Å². The van der Waals surface area contributed by atoms with E-state index in [2.05, 4.69) is 5.32 Å². The second kappa shape index (κ2) is 8.20. The molecule has 0 saturated heterocycles. The highest BCUT2D eigenvalue weighted by molar-refractivity contribution is 8.00. The van der Waals surface area contributed by atoms with Gasteiger partial charge in [0, 0.05) is 24.9 Å². The summed E-state index contributed by atoms with van der Waals surface area (Å²) in [7, 11) is 0. The Bertz CT molecular complexity index is 176. The van der Waals surface area contributed by atoms with Gasteiger partial charge in [0.2, 0.25) is 0 Å². The van der Waals surface area contributed by atoms with Crippen LogP contribution < -0.4 is 5.32 Å². The molecular formula is C10H20F3NOS. The van der Waals surface area contributed by atoms with Crippen molar-refractivity contribution in [3.8, 4) is 0 Å². The minimum absolute atomic E-state index is 0.00780. The minimum Gasteiger partial charge on any atom is -0.380 e. The smallest absolute Gasteiger partial charge is 0.380 e. The first-order valence-electron chi connectivity index (χ1n) is 5.38. The Morgan fingerprint density at radius 1 is 1.31 bits per heavy atom. The molecule has 0 rings (SSSR count). The van der Waals surface area contributed by atoms with Gasteiger partial charge in [-0.3, -0.25) is 0 Å². The van der Waals surface area contributed by atoms with E-state index in [-0.39, 0.29) is 23.6 Å². The fourth-order valence-corrected chi connectivity index (χ4v) is 1.59. The van der Waals surface area contributed by atoms with E-state index in [9.17, 15) is 13.2 Å². The van der Waals surface area contributed by atoms with Gasteiger partial charge in [0.1, 0.15) is 0 Å². The number of hydrogen-bond donors (Lipinski definition) is 1. The van der Waals surface area contributed by atoms with Crippen LogP contribution in [0.25, 0.3) is 0 Å². The van der Waals surface area contributed by atoms with Crippen molar-refractivity contribution in [2.45, 2.75) is 32.3 Å². The van der Waals surface area contributed by atoms with Crippen LogP contribution >= 0.6 is 11.8 Å². The van der Waals surface area contributed by atoms with Gasteiger partial charge >= 0.3 is 5.51 Å². The highest BCUT2D eigenvalue weighted by Gasteiger charge is 2.27. The van der Waals surface area contributed by atoms with Crippen LogP contribution in [0.4, 0.5) is 13.2 Å². The molecule has 1 atom stereocenters. The molecule has 1 N–H and O–H groups in total. The largest absolute Gasteiger partial charge is 0.441 e. The summed E-state index contributed by atoms with van der Waals surface area (Å²) >= 11 is 0.00780. The molecule has 16 heavy (non-hydrogen) atoms. The van der Waals surface area contributed by atoms with Gasteiger partial charge in [0.15, 0.2) is 0 Å². The summed E-state index contributed by atoms with van der Waals surface area (Å²) in [6, 6.07) is 0.119. The van der Waals surface area contributed by atoms with Crippen molar-refractivity contribution in [1.82, 2.24) is 5.32 Å². The normalized spacial score (nSPS) is 14.4. The third-order valence-corrected chi connectivity index (χ3v) is 2.82. The van der Waals surface area contributed by atoms with E-state index in [1.54, 1.807) is 0 Å². The molecule has 0 radical (unpaired) electrons. The van der Waals surface area contributed by atoms with E-state index in [0.29, 0.717) is 25.7 Å². The maximum absolute atomic E-state index is 11.9. The fourth-order valence-electron chi connectivity index (χ4n) is 1.14. The van der Waals surface area contributed by atoms with Crippen LogP contribution in [-0.2, 0) is 4.74 Å². The average Bonchev–Trinajstić information content (AvgIpc) is 2.14. The highest BCUT2D eigenvalue weighted by atomic mass is 32.2. The third kappa shape index (κ3) is 9.30. The number of alkyl halides is 3. The van der Waals surface area contributed by atoms with E-state index in [1.165, 1.54) is 0 Å². The molecule has 0 aliphatic heterocycles. The first kappa shape index (κ1) is 16.1. The van der Waals surface area contributed by atoms with Crippen LogP contribution in [0.2, 0.25) is 0 Å². The first-order chi connectivity index (χ1) is 7.37. The molecule has 0 aromatic rings. The van der Waals surface area contributed by atoms with E-state index in [1.807, 2.05) is 20.8 Å². The maximum Gasteiger partial charge on any atom is 0.441 e. The number of ether oxygens (including phenoxy) is 1. The van der Waals surface area contributed by atoms with Gasteiger partial charge in [-0.05, 0) is 24.6 Å². The number of halogens is 3. The second-order valence-electron chi connectivity index (χ2n) is 3.76.